The predicted octanol–water partition coefficient (Wildman–Crippen LogP) is 3.33. The largest absolute Gasteiger partial charge is 0.336 e. The molecule has 1 saturated heterocycles. The maximum absolute atomic E-state index is 12.7. The molecule has 4 heteroatoms. The van der Waals surface area contributed by atoms with E-state index in [0.29, 0.717) is 6.42 Å². The number of hydrogen-bond acceptors (Lipinski definition) is 2. The Balaban J connectivity index is 1.68. The van der Waals surface area contributed by atoms with Crippen LogP contribution in [0.15, 0.2) is 30.3 Å². The van der Waals surface area contributed by atoms with Crippen molar-refractivity contribution < 1.29 is 4.79 Å². The van der Waals surface area contributed by atoms with Gasteiger partial charge in [0.15, 0.2) is 0 Å². The molecule has 23 heavy (non-hydrogen) atoms. The Morgan fingerprint density at radius 1 is 1.26 bits per heavy atom. The van der Waals surface area contributed by atoms with Gasteiger partial charge in [0.2, 0.25) is 5.91 Å². The molecule has 0 saturated carbocycles. The zero-order chi connectivity index (χ0) is 16.4. The highest BCUT2D eigenvalue weighted by Crippen LogP contribution is 2.32. The molecule has 0 unspecified atom stereocenters. The Labute approximate surface area is 138 Å². The molecule has 1 fully saturated rings. The van der Waals surface area contributed by atoms with E-state index < -0.39 is 0 Å². The van der Waals surface area contributed by atoms with Crippen LogP contribution in [0.4, 0.5) is 0 Å². The van der Waals surface area contributed by atoms with Crippen LogP contribution in [0.5, 0.6) is 0 Å². The van der Waals surface area contributed by atoms with E-state index >= 15 is 0 Å². The number of likely N-dealkylation sites (tertiary alicyclic amines) is 1. The molecule has 3 rings (SSSR count). The first kappa shape index (κ1) is 15.8. The van der Waals surface area contributed by atoms with Crippen LogP contribution in [0.2, 0.25) is 0 Å². The Kier molecular flexibility index (Phi) is 4.51. The van der Waals surface area contributed by atoms with Crippen LogP contribution in [0.1, 0.15) is 47.8 Å². The van der Waals surface area contributed by atoms with Crippen LogP contribution in [-0.4, -0.2) is 27.1 Å². The highest BCUT2D eigenvalue weighted by molar-refractivity contribution is 5.77. The number of aromatic nitrogens is 2. The molecule has 0 radical (unpaired) electrons. The Morgan fingerprint density at radius 3 is 2.65 bits per heavy atom. The van der Waals surface area contributed by atoms with Crippen LogP contribution < -0.4 is 0 Å². The minimum atomic E-state index is 0.250. The first-order valence-corrected chi connectivity index (χ1v) is 8.41. The van der Waals surface area contributed by atoms with Crippen molar-refractivity contribution in [2.75, 3.05) is 6.54 Å². The van der Waals surface area contributed by atoms with E-state index in [1.165, 1.54) is 11.1 Å². The van der Waals surface area contributed by atoms with Gasteiger partial charge in [-0.3, -0.25) is 9.48 Å². The molecule has 1 aliphatic rings. The molecule has 4 nitrogen and oxygen atoms in total. The van der Waals surface area contributed by atoms with Gasteiger partial charge in [-0.05, 0) is 44.2 Å². The Hall–Kier alpha value is -2.10. The number of carbonyl (C=O) groups excluding carboxylic acids is 1. The molecule has 0 bridgehead atoms. The van der Waals surface area contributed by atoms with Gasteiger partial charge in [-0.25, -0.2) is 0 Å². The summed E-state index contributed by atoms with van der Waals surface area (Å²) in [6.45, 7) is 4.97. The maximum Gasteiger partial charge on any atom is 0.223 e. The highest BCUT2D eigenvalue weighted by Gasteiger charge is 2.29. The second-order valence-electron chi connectivity index (χ2n) is 6.43. The van der Waals surface area contributed by atoms with Gasteiger partial charge < -0.3 is 4.90 Å². The van der Waals surface area contributed by atoms with Crippen molar-refractivity contribution in [1.82, 2.24) is 14.7 Å². The van der Waals surface area contributed by atoms with Gasteiger partial charge in [0, 0.05) is 25.7 Å². The molecule has 0 aliphatic carbocycles. The molecule has 2 aromatic rings. The standard InChI is InChI=1S/C19H25N3O/c1-14-17(15(2)21(3)20-14)11-12-19(23)22-13-7-10-18(22)16-8-5-4-6-9-16/h4-6,8-9,18H,7,10-13H2,1-3H3/t18-/m0/s1. The van der Waals surface area contributed by atoms with Crippen molar-refractivity contribution in [3.63, 3.8) is 0 Å². The van der Waals surface area contributed by atoms with Crippen molar-refractivity contribution in [2.45, 2.75) is 45.6 Å². The Bertz CT molecular complexity index is 690. The Morgan fingerprint density at radius 2 is 2.00 bits per heavy atom. The summed E-state index contributed by atoms with van der Waals surface area (Å²) >= 11 is 0. The van der Waals surface area contributed by atoms with Crippen LogP contribution >= 0.6 is 0 Å². The summed E-state index contributed by atoms with van der Waals surface area (Å²) in [7, 11) is 1.96. The second kappa shape index (κ2) is 6.57. The lowest BCUT2D eigenvalue weighted by Crippen LogP contribution is -2.30. The first-order valence-electron chi connectivity index (χ1n) is 8.41. The zero-order valence-corrected chi connectivity index (χ0v) is 14.2. The number of benzene rings is 1. The van der Waals surface area contributed by atoms with Gasteiger partial charge >= 0.3 is 0 Å². The van der Waals surface area contributed by atoms with Gasteiger partial charge in [-0.1, -0.05) is 30.3 Å². The average Bonchev–Trinajstić information content (AvgIpc) is 3.13. The zero-order valence-electron chi connectivity index (χ0n) is 14.2. The number of amides is 1. The van der Waals surface area contributed by atoms with E-state index in [1.54, 1.807) is 0 Å². The average molecular weight is 311 g/mol. The molecule has 1 aromatic carbocycles. The predicted molar refractivity (Wildman–Crippen MR) is 91.1 cm³/mol. The summed E-state index contributed by atoms with van der Waals surface area (Å²) in [5, 5.41) is 4.44. The number of rotatable bonds is 4. The lowest BCUT2D eigenvalue weighted by atomic mass is 10.0. The summed E-state index contributed by atoms with van der Waals surface area (Å²) in [5.74, 6) is 0.263. The number of hydrogen-bond donors (Lipinski definition) is 0. The van der Waals surface area contributed by atoms with Crippen molar-refractivity contribution in [2.24, 2.45) is 7.05 Å². The fraction of sp³-hybridized carbons (Fsp3) is 0.474. The van der Waals surface area contributed by atoms with Gasteiger partial charge in [-0.2, -0.15) is 5.10 Å². The fourth-order valence-corrected chi connectivity index (χ4v) is 3.64. The minimum Gasteiger partial charge on any atom is -0.336 e. The topological polar surface area (TPSA) is 38.1 Å². The van der Waals surface area contributed by atoms with Crippen LogP contribution in [0.3, 0.4) is 0 Å². The lowest BCUT2D eigenvalue weighted by Gasteiger charge is -2.25. The summed E-state index contributed by atoms with van der Waals surface area (Å²) in [4.78, 5) is 14.8. The molecule has 1 aromatic heterocycles. The molecule has 2 heterocycles. The van der Waals surface area contributed by atoms with Crippen LogP contribution in [0, 0.1) is 13.8 Å². The SMILES string of the molecule is Cc1nn(C)c(C)c1CCC(=O)N1CCC[C@H]1c1ccccc1. The summed E-state index contributed by atoms with van der Waals surface area (Å²) in [5.41, 5.74) is 4.68. The number of carbonyl (C=O) groups is 1. The van der Waals surface area contributed by atoms with Crippen molar-refractivity contribution in [3.05, 3.63) is 52.8 Å². The van der Waals surface area contributed by atoms with Crippen molar-refractivity contribution in [3.8, 4) is 0 Å². The third-order valence-corrected chi connectivity index (χ3v) is 5.01. The van der Waals surface area contributed by atoms with Gasteiger partial charge in [0.25, 0.3) is 0 Å². The maximum atomic E-state index is 12.7. The van der Waals surface area contributed by atoms with E-state index in [4.69, 9.17) is 0 Å². The van der Waals surface area contributed by atoms with Gasteiger partial charge in [-0.15, -0.1) is 0 Å². The van der Waals surface area contributed by atoms with Crippen molar-refractivity contribution >= 4 is 5.91 Å². The lowest BCUT2D eigenvalue weighted by molar-refractivity contribution is -0.132. The fourth-order valence-electron chi connectivity index (χ4n) is 3.64. The molecular formula is C19H25N3O. The highest BCUT2D eigenvalue weighted by atomic mass is 16.2. The smallest absolute Gasteiger partial charge is 0.223 e. The number of nitrogens with zero attached hydrogens (tertiary/aromatic N) is 3. The van der Waals surface area contributed by atoms with E-state index in [-0.39, 0.29) is 11.9 Å². The summed E-state index contributed by atoms with van der Waals surface area (Å²) < 4.78 is 1.90. The van der Waals surface area contributed by atoms with E-state index in [1.807, 2.05) is 24.7 Å². The monoisotopic (exact) mass is 311 g/mol. The molecule has 1 amide bonds. The molecular weight excluding hydrogens is 286 g/mol. The van der Waals surface area contributed by atoms with Crippen LogP contribution in [-0.2, 0) is 18.3 Å². The minimum absolute atomic E-state index is 0.250. The van der Waals surface area contributed by atoms with E-state index in [2.05, 4.69) is 41.2 Å². The summed E-state index contributed by atoms with van der Waals surface area (Å²) in [6.07, 6.45) is 3.51. The third-order valence-electron chi connectivity index (χ3n) is 5.01. The van der Waals surface area contributed by atoms with Gasteiger partial charge in [0.1, 0.15) is 0 Å². The molecule has 0 N–H and O–H groups in total. The third kappa shape index (κ3) is 3.16. The molecule has 0 spiro atoms. The molecule has 1 aliphatic heterocycles. The quantitative estimate of drug-likeness (QED) is 0.868. The summed E-state index contributed by atoms with van der Waals surface area (Å²) in [6, 6.07) is 10.6. The molecule has 1 atom stereocenters. The van der Waals surface area contributed by atoms with Crippen molar-refractivity contribution in [1.29, 1.82) is 0 Å². The van der Waals surface area contributed by atoms with Crippen LogP contribution in [0.25, 0.3) is 0 Å². The van der Waals surface area contributed by atoms with E-state index in [9.17, 15) is 4.79 Å². The normalized spacial score (nSPS) is 17.7. The number of aryl methyl sites for hydroxylation is 2. The van der Waals surface area contributed by atoms with E-state index in [0.717, 1.165) is 37.2 Å². The molecule has 122 valence electrons. The van der Waals surface area contributed by atoms with Gasteiger partial charge in [0.05, 0.1) is 11.7 Å². The second-order valence-corrected chi connectivity index (χ2v) is 6.43. The first-order chi connectivity index (χ1) is 11.1.